The molecule has 2 heterocycles. The highest BCUT2D eigenvalue weighted by atomic mass is 127. The molecule has 2 fully saturated rings. The molecule has 1 aromatic carbocycles. The van der Waals surface area contributed by atoms with E-state index in [2.05, 4.69) is 51.7 Å². The lowest BCUT2D eigenvalue weighted by molar-refractivity contribution is 0.127. The van der Waals surface area contributed by atoms with Crippen LogP contribution in [0.3, 0.4) is 0 Å². The molecular weight excluding hydrogens is 491 g/mol. The van der Waals surface area contributed by atoms with E-state index >= 15 is 0 Å². The van der Waals surface area contributed by atoms with E-state index < -0.39 is 0 Å². The number of likely N-dealkylation sites (tertiary alicyclic amines) is 1. The molecule has 2 unspecified atom stereocenters. The second kappa shape index (κ2) is 12.8. The lowest BCUT2D eigenvalue weighted by Crippen LogP contribution is -2.44. The Bertz CT molecular complexity index is 664. The van der Waals surface area contributed by atoms with Gasteiger partial charge in [0.25, 0.3) is 0 Å². The SMILES string of the molecule is CN=C(NCc1ccccc1CN1CCCCC1C)NCC1(CCO)CCOC1.I. The third-order valence-electron chi connectivity index (χ3n) is 6.56. The maximum Gasteiger partial charge on any atom is 0.191 e. The number of benzene rings is 1. The molecule has 0 aromatic heterocycles. The Labute approximate surface area is 198 Å². The predicted octanol–water partition coefficient (Wildman–Crippen LogP) is 3.13. The molecule has 3 rings (SSSR count). The van der Waals surface area contributed by atoms with E-state index in [-0.39, 0.29) is 36.0 Å². The van der Waals surface area contributed by atoms with Crippen LogP contribution in [0.25, 0.3) is 0 Å². The van der Waals surface area contributed by atoms with Crippen LogP contribution >= 0.6 is 24.0 Å². The molecule has 0 radical (unpaired) electrons. The van der Waals surface area contributed by atoms with Crippen molar-refractivity contribution in [1.82, 2.24) is 15.5 Å². The Hall–Kier alpha value is -0.900. The zero-order valence-corrected chi connectivity index (χ0v) is 20.9. The molecule has 1 aromatic rings. The van der Waals surface area contributed by atoms with Crippen LogP contribution in [0.4, 0.5) is 0 Å². The van der Waals surface area contributed by atoms with Crippen LogP contribution < -0.4 is 10.6 Å². The molecule has 0 spiro atoms. The van der Waals surface area contributed by atoms with Crippen molar-refractivity contribution in [3.63, 3.8) is 0 Å². The quantitative estimate of drug-likeness (QED) is 0.274. The highest BCUT2D eigenvalue weighted by Gasteiger charge is 2.34. The first-order chi connectivity index (χ1) is 14.2. The van der Waals surface area contributed by atoms with Crippen LogP contribution in [0.15, 0.2) is 29.3 Å². The average molecular weight is 530 g/mol. The van der Waals surface area contributed by atoms with E-state index in [9.17, 15) is 5.11 Å². The summed E-state index contributed by atoms with van der Waals surface area (Å²) in [6.07, 6.45) is 5.70. The van der Waals surface area contributed by atoms with Crippen LogP contribution in [-0.2, 0) is 17.8 Å². The number of ether oxygens (including phenoxy) is 1. The number of halogens is 1. The number of aliphatic hydroxyl groups is 1. The summed E-state index contributed by atoms with van der Waals surface area (Å²) in [5.41, 5.74) is 2.72. The second-order valence-electron chi connectivity index (χ2n) is 8.64. The Morgan fingerprint density at radius 1 is 1.27 bits per heavy atom. The molecule has 7 heteroatoms. The molecule has 0 saturated carbocycles. The van der Waals surface area contributed by atoms with Crippen molar-refractivity contribution < 1.29 is 9.84 Å². The molecule has 2 saturated heterocycles. The molecule has 3 N–H and O–H groups in total. The van der Waals surface area contributed by atoms with Gasteiger partial charge in [0.15, 0.2) is 5.96 Å². The normalized spacial score (nSPS) is 25.0. The van der Waals surface area contributed by atoms with Crippen LogP contribution in [0.5, 0.6) is 0 Å². The van der Waals surface area contributed by atoms with Gasteiger partial charge in [0, 0.05) is 51.4 Å². The maximum atomic E-state index is 9.42. The van der Waals surface area contributed by atoms with Gasteiger partial charge in [0.2, 0.25) is 0 Å². The molecule has 2 aliphatic heterocycles. The summed E-state index contributed by atoms with van der Waals surface area (Å²) in [5.74, 6) is 0.801. The number of guanidine groups is 1. The molecule has 6 nitrogen and oxygen atoms in total. The molecule has 2 atom stereocenters. The highest BCUT2D eigenvalue weighted by molar-refractivity contribution is 14.0. The highest BCUT2D eigenvalue weighted by Crippen LogP contribution is 2.31. The van der Waals surface area contributed by atoms with Gasteiger partial charge in [0.05, 0.1) is 6.61 Å². The van der Waals surface area contributed by atoms with E-state index in [0.29, 0.717) is 12.6 Å². The lowest BCUT2D eigenvalue weighted by Gasteiger charge is -2.34. The largest absolute Gasteiger partial charge is 0.396 e. The Morgan fingerprint density at radius 2 is 2.07 bits per heavy atom. The molecule has 30 heavy (non-hydrogen) atoms. The predicted molar refractivity (Wildman–Crippen MR) is 133 cm³/mol. The fraction of sp³-hybridized carbons (Fsp3) is 0.696. The van der Waals surface area contributed by atoms with E-state index in [4.69, 9.17) is 4.74 Å². The summed E-state index contributed by atoms with van der Waals surface area (Å²) in [6, 6.07) is 9.38. The Balaban J connectivity index is 0.00000320. The Morgan fingerprint density at radius 3 is 2.73 bits per heavy atom. The van der Waals surface area contributed by atoms with Gasteiger partial charge < -0.3 is 20.5 Å². The first-order valence-electron chi connectivity index (χ1n) is 11.1. The minimum absolute atomic E-state index is 0. The average Bonchev–Trinajstić information content (AvgIpc) is 3.20. The van der Waals surface area contributed by atoms with Crippen LogP contribution in [-0.4, -0.2) is 62.0 Å². The Kier molecular flexibility index (Phi) is 10.8. The first kappa shape index (κ1) is 25.4. The number of hydrogen-bond donors (Lipinski definition) is 3. The van der Waals surface area contributed by atoms with Gasteiger partial charge in [-0.1, -0.05) is 30.7 Å². The van der Waals surface area contributed by atoms with Crippen molar-refractivity contribution in [3.05, 3.63) is 35.4 Å². The molecule has 0 aliphatic carbocycles. The second-order valence-corrected chi connectivity index (χ2v) is 8.64. The number of hydrogen-bond acceptors (Lipinski definition) is 4. The number of aliphatic hydroxyl groups excluding tert-OH is 1. The summed E-state index contributed by atoms with van der Waals surface area (Å²) in [7, 11) is 1.81. The third kappa shape index (κ3) is 7.07. The molecule has 0 bridgehead atoms. The van der Waals surface area contributed by atoms with Gasteiger partial charge in [-0.25, -0.2) is 0 Å². The van der Waals surface area contributed by atoms with E-state index in [1.807, 2.05) is 0 Å². The minimum atomic E-state index is 0. The first-order valence-corrected chi connectivity index (χ1v) is 11.1. The third-order valence-corrected chi connectivity index (χ3v) is 6.56. The van der Waals surface area contributed by atoms with Crippen LogP contribution in [0.2, 0.25) is 0 Å². The molecular formula is C23H39IN4O2. The number of nitrogens with zero attached hydrogens (tertiary/aromatic N) is 2. The number of piperidine rings is 1. The van der Waals surface area contributed by atoms with Crippen molar-refractivity contribution in [1.29, 1.82) is 0 Å². The minimum Gasteiger partial charge on any atom is -0.396 e. The molecule has 2 aliphatic rings. The summed E-state index contributed by atoms with van der Waals surface area (Å²) in [6.45, 7) is 7.75. The van der Waals surface area contributed by atoms with Gasteiger partial charge in [-0.2, -0.15) is 0 Å². The van der Waals surface area contributed by atoms with Gasteiger partial charge in [-0.3, -0.25) is 9.89 Å². The summed E-state index contributed by atoms with van der Waals surface area (Å²) in [5, 5.41) is 16.3. The number of rotatable bonds is 8. The van der Waals surface area contributed by atoms with Gasteiger partial charge >= 0.3 is 0 Å². The fourth-order valence-electron chi connectivity index (χ4n) is 4.48. The summed E-state index contributed by atoms with van der Waals surface area (Å²) < 4.78 is 5.59. The van der Waals surface area contributed by atoms with Gasteiger partial charge in [-0.05, 0) is 50.3 Å². The van der Waals surface area contributed by atoms with Crippen molar-refractivity contribution in [2.24, 2.45) is 10.4 Å². The van der Waals surface area contributed by atoms with E-state index in [1.54, 1.807) is 7.05 Å². The molecule has 0 amide bonds. The van der Waals surface area contributed by atoms with Gasteiger partial charge in [-0.15, -0.1) is 24.0 Å². The standard InChI is InChI=1S/C23H38N4O2.HI/c1-19-7-5-6-12-27(19)16-21-9-4-3-8-20(21)15-25-22(24-2)26-17-23(10-13-28)11-14-29-18-23;/h3-4,8-9,19,28H,5-7,10-18H2,1-2H3,(H2,24,25,26);1H. The fourth-order valence-corrected chi connectivity index (χ4v) is 4.48. The summed E-state index contributed by atoms with van der Waals surface area (Å²) >= 11 is 0. The van der Waals surface area contributed by atoms with Gasteiger partial charge in [0.1, 0.15) is 0 Å². The lowest BCUT2D eigenvalue weighted by atomic mass is 9.84. The van der Waals surface area contributed by atoms with Crippen molar-refractivity contribution >= 4 is 29.9 Å². The zero-order valence-electron chi connectivity index (χ0n) is 18.5. The smallest absolute Gasteiger partial charge is 0.191 e. The van der Waals surface area contributed by atoms with Crippen molar-refractivity contribution in [2.45, 2.75) is 58.2 Å². The van der Waals surface area contributed by atoms with Crippen molar-refractivity contribution in [2.75, 3.05) is 40.0 Å². The number of nitrogens with one attached hydrogen (secondary N) is 2. The van der Waals surface area contributed by atoms with Crippen molar-refractivity contribution in [3.8, 4) is 0 Å². The number of aliphatic imine (C=N–C) groups is 1. The monoisotopic (exact) mass is 530 g/mol. The zero-order chi connectivity index (χ0) is 20.5. The molecule has 170 valence electrons. The van der Waals surface area contributed by atoms with Crippen LogP contribution in [0, 0.1) is 5.41 Å². The topological polar surface area (TPSA) is 69.1 Å². The maximum absolute atomic E-state index is 9.42. The van der Waals surface area contributed by atoms with E-state index in [1.165, 1.54) is 36.9 Å². The summed E-state index contributed by atoms with van der Waals surface area (Å²) in [4.78, 5) is 7.00. The van der Waals surface area contributed by atoms with E-state index in [0.717, 1.165) is 45.0 Å². The van der Waals surface area contributed by atoms with Crippen LogP contribution in [0.1, 0.15) is 50.2 Å².